The highest BCUT2D eigenvalue weighted by Gasteiger charge is 2.09. The van der Waals surface area contributed by atoms with Gasteiger partial charge in [-0.1, -0.05) is 52.0 Å². The molecule has 0 aromatic heterocycles. The predicted octanol–water partition coefficient (Wildman–Crippen LogP) is 5.18. The number of rotatable bonds is 12. The first-order valence-electron chi connectivity index (χ1n) is 13.7. The number of hydrogen-bond acceptors (Lipinski definition) is 6. The van der Waals surface area contributed by atoms with Crippen molar-refractivity contribution < 1.29 is 19.2 Å². The van der Waals surface area contributed by atoms with Crippen LogP contribution in [0.2, 0.25) is 0 Å². The average molecular weight is 569 g/mol. The third-order valence-corrected chi connectivity index (χ3v) is 5.74. The lowest BCUT2D eigenvalue weighted by molar-refractivity contribution is -0.117. The standard InChI is InChI=1S/C32H36N6O4/c1-21(2)17-29(39)35-27-13-9-25(10-14-27)31(41)37-33-19-23-5-7-24(8-6-23)20-34-38-32(42)26-11-15-28(16-12-26)36-30(40)18-22(3)4/h5-16,19-22H,17-18H2,1-4H3,(H,35,39)(H,36,40)(H,37,41)(H,38,42)/b33-19+,34-20+. The van der Waals surface area contributed by atoms with Gasteiger partial charge in [-0.15, -0.1) is 0 Å². The molecule has 0 unspecified atom stereocenters. The normalized spacial score (nSPS) is 11.2. The second-order valence-corrected chi connectivity index (χ2v) is 10.5. The fraction of sp³-hybridized carbons (Fsp3) is 0.250. The summed E-state index contributed by atoms with van der Waals surface area (Å²) in [5, 5.41) is 13.6. The molecule has 0 spiro atoms. The van der Waals surface area contributed by atoms with Crippen molar-refractivity contribution >= 4 is 47.4 Å². The van der Waals surface area contributed by atoms with Crippen molar-refractivity contribution in [2.75, 3.05) is 10.6 Å². The third kappa shape index (κ3) is 10.8. The van der Waals surface area contributed by atoms with Gasteiger partial charge < -0.3 is 10.6 Å². The SMILES string of the molecule is CC(C)CC(=O)Nc1ccc(C(=O)N/N=C/c2ccc(/C=N/NC(=O)c3ccc(NC(=O)CC(C)C)cc3)cc2)cc1. The van der Waals surface area contributed by atoms with E-state index in [0.29, 0.717) is 35.3 Å². The van der Waals surface area contributed by atoms with E-state index in [4.69, 9.17) is 0 Å². The van der Waals surface area contributed by atoms with Crippen molar-refractivity contribution in [3.05, 3.63) is 95.1 Å². The first-order chi connectivity index (χ1) is 20.1. The summed E-state index contributed by atoms with van der Waals surface area (Å²) in [5.74, 6) is -0.371. The summed E-state index contributed by atoms with van der Waals surface area (Å²) in [6, 6.07) is 20.3. The Labute approximate surface area is 245 Å². The number of amides is 4. The van der Waals surface area contributed by atoms with Crippen LogP contribution >= 0.6 is 0 Å². The van der Waals surface area contributed by atoms with E-state index in [1.54, 1.807) is 72.8 Å². The largest absolute Gasteiger partial charge is 0.326 e. The molecule has 0 atom stereocenters. The van der Waals surface area contributed by atoms with Gasteiger partial charge in [-0.3, -0.25) is 19.2 Å². The average Bonchev–Trinajstić information content (AvgIpc) is 2.93. The minimum Gasteiger partial charge on any atom is -0.326 e. The Morgan fingerprint density at radius 2 is 0.905 bits per heavy atom. The Bertz CT molecular complexity index is 1320. The van der Waals surface area contributed by atoms with Crippen LogP contribution in [0.25, 0.3) is 0 Å². The highest BCUT2D eigenvalue weighted by Crippen LogP contribution is 2.13. The number of hydrazone groups is 2. The van der Waals surface area contributed by atoms with Crippen molar-refractivity contribution in [1.29, 1.82) is 0 Å². The molecule has 3 aromatic rings. The molecule has 10 heteroatoms. The predicted molar refractivity (Wildman–Crippen MR) is 166 cm³/mol. The van der Waals surface area contributed by atoms with Crippen molar-refractivity contribution in [3.8, 4) is 0 Å². The van der Waals surface area contributed by atoms with Crippen LogP contribution in [0, 0.1) is 11.8 Å². The molecular weight excluding hydrogens is 532 g/mol. The van der Waals surface area contributed by atoms with Crippen LogP contribution in [-0.4, -0.2) is 36.1 Å². The molecule has 0 saturated carbocycles. The molecule has 0 bridgehead atoms. The summed E-state index contributed by atoms with van der Waals surface area (Å²) in [7, 11) is 0. The summed E-state index contributed by atoms with van der Waals surface area (Å²) in [6.07, 6.45) is 3.88. The van der Waals surface area contributed by atoms with Crippen LogP contribution in [0.1, 0.15) is 72.4 Å². The number of benzene rings is 3. The number of anilines is 2. The second kappa shape index (κ2) is 15.6. The van der Waals surface area contributed by atoms with Crippen molar-refractivity contribution in [2.45, 2.75) is 40.5 Å². The summed E-state index contributed by atoms with van der Waals surface area (Å²) >= 11 is 0. The van der Waals surface area contributed by atoms with Crippen molar-refractivity contribution in [1.82, 2.24) is 10.9 Å². The van der Waals surface area contributed by atoms with Gasteiger partial charge in [0.15, 0.2) is 0 Å². The van der Waals surface area contributed by atoms with E-state index in [-0.39, 0.29) is 35.5 Å². The smallest absolute Gasteiger partial charge is 0.271 e. The number of nitrogens with one attached hydrogen (secondary N) is 4. The first-order valence-corrected chi connectivity index (χ1v) is 13.7. The molecule has 42 heavy (non-hydrogen) atoms. The minimum absolute atomic E-state index is 0.0688. The fourth-order valence-corrected chi connectivity index (χ4v) is 3.70. The summed E-state index contributed by atoms with van der Waals surface area (Å²) in [5.41, 5.74) is 8.53. The van der Waals surface area contributed by atoms with E-state index in [1.807, 2.05) is 27.7 Å². The van der Waals surface area contributed by atoms with Crippen LogP contribution in [0.15, 0.2) is 83.0 Å². The number of carbonyl (C=O) groups excluding carboxylic acids is 4. The number of carbonyl (C=O) groups is 4. The molecule has 0 fully saturated rings. The topological polar surface area (TPSA) is 141 Å². The van der Waals surface area contributed by atoms with Crippen LogP contribution in [0.4, 0.5) is 11.4 Å². The lowest BCUT2D eigenvalue weighted by atomic mass is 10.1. The number of hydrogen-bond donors (Lipinski definition) is 4. The molecule has 3 aromatic carbocycles. The molecule has 3 rings (SSSR count). The van der Waals surface area contributed by atoms with E-state index in [1.165, 1.54) is 12.4 Å². The minimum atomic E-state index is -0.378. The lowest BCUT2D eigenvalue weighted by Crippen LogP contribution is -2.18. The van der Waals surface area contributed by atoms with Gasteiger partial charge >= 0.3 is 0 Å². The molecule has 0 radical (unpaired) electrons. The summed E-state index contributed by atoms with van der Waals surface area (Å²) in [6.45, 7) is 7.89. The Morgan fingerprint density at radius 3 is 1.21 bits per heavy atom. The molecule has 0 aliphatic heterocycles. The molecule has 0 saturated heterocycles. The Kier molecular flexibility index (Phi) is 11.7. The zero-order valence-electron chi connectivity index (χ0n) is 24.2. The molecule has 10 nitrogen and oxygen atoms in total. The van der Waals surface area contributed by atoms with Gasteiger partial charge in [0.05, 0.1) is 12.4 Å². The Morgan fingerprint density at radius 1 is 0.571 bits per heavy atom. The van der Waals surface area contributed by atoms with E-state index in [9.17, 15) is 19.2 Å². The third-order valence-electron chi connectivity index (χ3n) is 5.74. The van der Waals surface area contributed by atoms with Crippen LogP contribution in [0.3, 0.4) is 0 Å². The van der Waals surface area contributed by atoms with E-state index in [2.05, 4.69) is 31.7 Å². The quantitative estimate of drug-likeness (QED) is 0.176. The summed E-state index contributed by atoms with van der Waals surface area (Å²) < 4.78 is 0. The van der Waals surface area contributed by atoms with E-state index >= 15 is 0 Å². The zero-order valence-corrected chi connectivity index (χ0v) is 24.2. The van der Waals surface area contributed by atoms with Crippen LogP contribution < -0.4 is 21.5 Å². The van der Waals surface area contributed by atoms with Gasteiger partial charge in [-0.05, 0) is 71.5 Å². The van der Waals surface area contributed by atoms with Gasteiger partial charge in [-0.2, -0.15) is 10.2 Å². The summed E-state index contributed by atoms with van der Waals surface area (Å²) in [4.78, 5) is 48.5. The van der Waals surface area contributed by atoms with Gasteiger partial charge in [0.2, 0.25) is 11.8 Å². The van der Waals surface area contributed by atoms with Gasteiger partial charge in [-0.25, -0.2) is 10.9 Å². The van der Waals surface area contributed by atoms with Gasteiger partial charge in [0.1, 0.15) is 0 Å². The van der Waals surface area contributed by atoms with Crippen LogP contribution in [-0.2, 0) is 9.59 Å². The monoisotopic (exact) mass is 568 g/mol. The maximum Gasteiger partial charge on any atom is 0.271 e. The second-order valence-electron chi connectivity index (χ2n) is 10.5. The van der Waals surface area contributed by atoms with Gasteiger partial charge in [0.25, 0.3) is 11.8 Å². The first kappa shape index (κ1) is 31.4. The molecule has 0 aliphatic carbocycles. The maximum atomic E-state index is 12.4. The Hall–Kier alpha value is -5.12. The molecule has 0 heterocycles. The maximum absolute atomic E-state index is 12.4. The zero-order chi connectivity index (χ0) is 30.5. The van der Waals surface area contributed by atoms with Crippen LogP contribution in [0.5, 0.6) is 0 Å². The highest BCUT2D eigenvalue weighted by atomic mass is 16.2. The highest BCUT2D eigenvalue weighted by molar-refractivity contribution is 5.97. The lowest BCUT2D eigenvalue weighted by Gasteiger charge is -2.07. The molecule has 0 aliphatic rings. The Balaban J connectivity index is 1.44. The number of nitrogens with zero attached hydrogens (tertiary/aromatic N) is 2. The van der Waals surface area contributed by atoms with Crippen molar-refractivity contribution in [2.24, 2.45) is 22.0 Å². The molecule has 4 N–H and O–H groups in total. The molecule has 4 amide bonds. The van der Waals surface area contributed by atoms with E-state index in [0.717, 1.165) is 11.1 Å². The van der Waals surface area contributed by atoms with Crippen molar-refractivity contribution in [3.63, 3.8) is 0 Å². The fourth-order valence-electron chi connectivity index (χ4n) is 3.70. The van der Waals surface area contributed by atoms with E-state index < -0.39 is 0 Å². The molecular formula is C32H36N6O4. The van der Waals surface area contributed by atoms with Gasteiger partial charge in [0, 0.05) is 35.3 Å². The molecule has 218 valence electrons.